The van der Waals surface area contributed by atoms with Crippen LogP contribution in [0.3, 0.4) is 0 Å². The number of benzene rings is 1. The Morgan fingerprint density at radius 2 is 1.87 bits per heavy atom. The molecule has 7 nitrogen and oxygen atoms in total. The minimum absolute atomic E-state index is 0.0178. The highest BCUT2D eigenvalue weighted by Gasteiger charge is 2.36. The highest BCUT2D eigenvalue weighted by Crippen LogP contribution is 2.25. The lowest BCUT2D eigenvalue weighted by atomic mass is 9.92. The normalized spacial score (nSPS) is 21.0. The van der Waals surface area contributed by atoms with Gasteiger partial charge in [-0.1, -0.05) is 38.1 Å². The number of carbonyl (C=O) groups excluding carboxylic acids is 2. The van der Waals surface area contributed by atoms with Gasteiger partial charge in [0, 0.05) is 50.9 Å². The van der Waals surface area contributed by atoms with Gasteiger partial charge in [-0.15, -0.1) is 0 Å². The fraction of sp³-hybridized carbons (Fsp3) is 0.500. The zero-order chi connectivity index (χ0) is 21.8. The van der Waals surface area contributed by atoms with Gasteiger partial charge in [-0.25, -0.2) is 9.97 Å². The molecule has 0 radical (unpaired) electrons. The van der Waals surface area contributed by atoms with E-state index in [9.17, 15) is 9.59 Å². The number of amides is 2. The molecule has 0 spiro atoms. The van der Waals surface area contributed by atoms with E-state index in [1.165, 1.54) is 0 Å². The van der Waals surface area contributed by atoms with Gasteiger partial charge in [-0.05, 0) is 36.0 Å². The molecule has 31 heavy (non-hydrogen) atoms. The fourth-order valence-corrected chi connectivity index (χ4v) is 4.51. The highest BCUT2D eigenvalue weighted by atomic mass is 16.2. The molecule has 7 heteroatoms. The van der Waals surface area contributed by atoms with Gasteiger partial charge < -0.3 is 15.1 Å². The van der Waals surface area contributed by atoms with Gasteiger partial charge in [0.1, 0.15) is 6.04 Å². The van der Waals surface area contributed by atoms with Crippen LogP contribution in [-0.4, -0.2) is 51.9 Å². The van der Waals surface area contributed by atoms with Crippen molar-refractivity contribution in [1.29, 1.82) is 0 Å². The van der Waals surface area contributed by atoms with Crippen LogP contribution in [0.4, 0.5) is 5.95 Å². The maximum Gasteiger partial charge on any atom is 0.243 e. The molecule has 2 amide bonds. The molecule has 2 aliphatic heterocycles. The Morgan fingerprint density at radius 1 is 1.13 bits per heavy atom. The van der Waals surface area contributed by atoms with Gasteiger partial charge in [-0.3, -0.25) is 9.59 Å². The standard InChI is InChI=1S/C24H31N5O2/c1-17(2)13-22(30)29-15-19-8-4-3-7-18(19)14-21(29)23(31)27-20-9-5-12-28(16-20)24-25-10-6-11-26-24/h3-4,6-8,10-11,17,20-21H,5,9,12-16H2,1-2H3,(H,27,31). The Bertz CT molecular complexity index is 917. The molecule has 0 bridgehead atoms. The molecule has 1 saturated heterocycles. The number of piperidine rings is 1. The van der Waals surface area contributed by atoms with Crippen LogP contribution in [0.2, 0.25) is 0 Å². The van der Waals surface area contributed by atoms with E-state index in [4.69, 9.17) is 0 Å². The van der Waals surface area contributed by atoms with E-state index in [1.807, 2.05) is 26.0 Å². The van der Waals surface area contributed by atoms with Crippen LogP contribution in [-0.2, 0) is 22.6 Å². The zero-order valence-electron chi connectivity index (χ0n) is 18.3. The molecule has 2 aliphatic rings. The summed E-state index contributed by atoms with van der Waals surface area (Å²) in [6, 6.07) is 9.46. The van der Waals surface area contributed by atoms with Gasteiger partial charge in [0.25, 0.3) is 0 Å². The van der Waals surface area contributed by atoms with Crippen LogP contribution in [0.1, 0.15) is 44.2 Å². The van der Waals surface area contributed by atoms with Crippen LogP contribution < -0.4 is 10.2 Å². The molecule has 2 aromatic rings. The van der Waals surface area contributed by atoms with Crippen molar-refractivity contribution >= 4 is 17.8 Å². The number of rotatable bonds is 5. The van der Waals surface area contributed by atoms with E-state index in [0.717, 1.165) is 30.5 Å². The lowest BCUT2D eigenvalue weighted by molar-refractivity contribution is -0.142. The number of aromatic nitrogens is 2. The third kappa shape index (κ3) is 5.03. The molecule has 3 heterocycles. The van der Waals surface area contributed by atoms with Crippen molar-refractivity contribution in [1.82, 2.24) is 20.2 Å². The van der Waals surface area contributed by atoms with Crippen molar-refractivity contribution in [2.24, 2.45) is 5.92 Å². The van der Waals surface area contributed by atoms with Crippen molar-refractivity contribution in [3.63, 3.8) is 0 Å². The average Bonchev–Trinajstić information content (AvgIpc) is 2.78. The Morgan fingerprint density at radius 3 is 2.61 bits per heavy atom. The summed E-state index contributed by atoms with van der Waals surface area (Å²) in [5.74, 6) is 0.938. The molecular formula is C24H31N5O2. The summed E-state index contributed by atoms with van der Waals surface area (Å²) >= 11 is 0. The van der Waals surface area contributed by atoms with Gasteiger partial charge in [0.15, 0.2) is 0 Å². The second kappa shape index (κ2) is 9.45. The van der Waals surface area contributed by atoms with Crippen molar-refractivity contribution in [2.75, 3.05) is 18.0 Å². The number of nitrogens with one attached hydrogen (secondary N) is 1. The zero-order valence-corrected chi connectivity index (χ0v) is 18.3. The van der Waals surface area contributed by atoms with Crippen molar-refractivity contribution in [3.8, 4) is 0 Å². The smallest absolute Gasteiger partial charge is 0.243 e. The predicted octanol–water partition coefficient (Wildman–Crippen LogP) is 2.56. The molecule has 1 N–H and O–H groups in total. The summed E-state index contributed by atoms with van der Waals surface area (Å²) in [6.07, 6.45) is 6.37. The van der Waals surface area contributed by atoms with Gasteiger partial charge in [0.2, 0.25) is 17.8 Å². The van der Waals surface area contributed by atoms with Crippen LogP contribution in [0.5, 0.6) is 0 Å². The lowest BCUT2D eigenvalue weighted by Gasteiger charge is -2.38. The molecule has 4 rings (SSSR count). The van der Waals surface area contributed by atoms with Crippen molar-refractivity contribution < 1.29 is 9.59 Å². The monoisotopic (exact) mass is 421 g/mol. The number of anilines is 1. The Labute approximate surface area is 183 Å². The molecule has 1 aromatic heterocycles. The highest BCUT2D eigenvalue weighted by molar-refractivity contribution is 5.88. The first-order chi connectivity index (χ1) is 15.0. The third-order valence-corrected chi connectivity index (χ3v) is 6.06. The molecule has 164 valence electrons. The SMILES string of the molecule is CC(C)CC(=O)N1Cc2ccccc2CC1C(=O)NC1CCCN(c2ncccn2)C1. The number of nitrogens with zero attached hydrogens (tertiary/aromatic N) is 4. The minimum Gasteiger partial charge on any atom is -0.350 e. The van der Waals surface area contributed by atoms with E-state index in [0.29, 0.717) is 31.9 Å². The Balaban J connectivity index is 1.48. The summed E-state index contributed by atoms with van der Waals surface area (Å²) in [5, 5.41) is 3.23. The summed E-state index contributed by atoms with van der Waals surface area (Å²) in [7, 11) is 0. The molecule has 1 fully saturated rings. The Kier molecular flexibility index (Phi) is 6.49. The summed E-state index contributed by atoms with van der Waals surface area (Å²) < 4.78 is 0. The first-order valence-electron chi connectivity index (χ1n) is 11.2. The van der Waals surface area contributed by atoms with Crippen molar-refractivity contribution in [2.45, 2.75) is 58.2 Å². The molecule has 0 saturated carbocycles. The first kappa shape index (κ1) is 21.3. The van der Waals surface area contributed by atoms with Crippen molar-refractivity contribution in [3.05, 3.63) is 53.9 Å². The van der Waals surface area contributed by atoms with Crippen LogP contribution in [0, 0.1) is 5.92 Å². The summed E-state index contributed by atoms with van der Waals surface area (Å²) in [4.78, 5) is 38.9. The molecular weight excluding hydrogens is 390 g/mol. The topological polar surface area (TPSA) is 78.4 Å². The summed E-state index contributed by atoms with van der Waals surface area (Å²) in [5.41, 5.74) is 2.29. The van der Waals surface area contributed by atoms with Gasteiger partial charge in [-0.2, -0.15) is 0 Å². The maximum atomic E-state index is 13.4. The van der Waals surface area contributed by atoms with Crippen LogP contribution in [0.25, 0.3) is 0 Å². The molecule has 1 aromatic carbocycles. The van der Waals surface area contributed by atoms with Crippen LogP contribution >= 0.6 is 0 Å². The van der Waals surface area contributed by atoms with E-state index in [1.54, 1.807) is 23.4 Å². The van der Waals surface area contributed by atoms with Crippen LogP contribution in [0.15, 0.2) is 42.7 Å². The average molecular weight is 422 g/mol. The van der Waals surface area contributed by atoms with Gasteiger partial charge >= 0.3 is 0 Å². The second-order valence-corrected chi connectivity index (χ2v) is 8.95. The number of carbonyl (C=O) groups is 2. The minimum atomic E-state index is -0.468. The van der Waals surface area contributed by atoms with E-state index < -0.39 is 6.04 Å². The Hall–Kier alpha value is -2.96. The number of fused-ring (bicyclic) bond motifs is 1. The largest absolute Gasteiger partial charge is 0.350 e. The second-order valence-electron chi connectivity index (χ2n) is 8.95. The van der Waals surface area contributed by atoms with E-state index >= 15 is 0 Å². The van der Waals surface area contributed by atoms with E-state index in [2.05, 4.69) is 32.3 Å². The summed E-state index contributed by atoms with van der Waals surface area (Å²) in [6.45, 7) is 6.12. The van der Waals surface area contributed by atoms with Gasteiger partial charge in [0.05, 0.1) is 0 Å². The quantitative estimate of drug-likeness (QED) is 0.803. The molecule has 2 unspecified atom stereocenters. The molecule has 0 aliphatic carbocycles. The fourth-order valence-electron chi connectivity index (χ4n) is 4.51. The number of hydrogen-bond acceptors (Lipinski definition) is 5. The van der Waals surface area contributed by atoms with E-state index in [-0.39, 0.29) is 23.8 Å². The molecule has 2 atom stereocenters. The maximum absolute atomic E-state index is 13.4. The third-order valence-electron chi connectivity index (χ3n) is 6.06. The predicted molar refractivity (Wildman–Crippen MR) is 119 cm³/mol. The number of hydrogen-bond donors (Lipinski definition) is 1. The first-order valence-corrected chi connectivity index (χ1v) is 11.2. The lowest BCUT2D eigenvalue weighted by Crippen LogP contribution is -2.57.